The smallest absolute Gasteiger partial charge is 0.323 e. The lowest BCUT2D eigenvalue weighted by molar-refractivity contribution is 0.262. The molecule has 0 unspecified atom stereocenters. The molecular formula is C20H20Cl2N6O. The fourth-order valence-corrected chi connectivity index (χ4v) is 3.56. The van der Waals surface area contributed by atoms with Crippen molar-refractivity contribution < 1.29 is 4.79 Å². The van der Waals surface area contributed by atoms with Gasteiger partial charge in [0.2, 0.25) is 0 Å². The molecule has 3 aromatic rings. The molecule has 1 aromatic heterocycles. The Morgan fingerprint density at radius 1 is 0.931 bits per heavy atom. The molecule has 4 rings (SSSR count). The third-order valence-electron chi connectivity index (χ3n) is 4.85. The lowest BCUT2D eigenvalue weighted by Gasteiger charge is -2.33. The van der Waals surface area contributed by atoms with Gasteiger partial charge in [0.05, 0.1) is 15.6 Å². The van der Waals surface area contributed by atoms with Crippen molar-refractivity contribution in [3.8, 4) is 0 Å². The summed E-state index contributed by atoms with van der Waals surface area (Å²) in [5, 5.41) is 7.31. The van der Waals surface area contributed by atoms with Gasteiger partial charge in [-0.3, -0.25) is 0 Å². The number of fused-ring (bicyclic) bond motifs is 1. The average Bonchev–Trinajstić information content (AvgIpc) is 2.71. The lowest BCUT2D eigenvalue weighted by atomic mass is 10.2. The largest absolute Gasteiger partial charge is 0.353 e. The highest BCUT2D eigenvalue weighted by atomic mass is 35.5. The first-order valence-electron chi connectivity index (χ1n) is 9.21. The van der Waals surface area contributed by atoms with Gasteiger partial charge in [0.15, 0.2) is 0 Å². The minimum atomic E-state index is -0.374. The Labute approximate surface area is 178 Å². The van der Waals surface area contributed by atoms with E-state index in [1.54, 1.807) is 24.5 Å². The summed E-state index contributed by atoms with van der Waals surface area (Å²) in [6.45, 7) is 3.77. The Kier molecular flexibility index (Phi) is 5.71. The van der Waals surface area contributed by atoms with Gasteiger partial charge in [-0.25, -0.2) is 14.8 Å². The number of amides is 2. The summed E-state index contributed by atoms with van der Waals surface area (Å²) in [4.78, 5) is 25.8. The molecule has 1 fully saturated rings. The zero-order chi connectivity index (χ0) is 20.4. The van der Waals surface area contributed by atoms with Crippen molar-refractivity contribution in [1.82, 2.24) is 14.9 Å². The van der Waals surface area contributed by atoms with E-state index in [0.717, 1.165) is 42.9 Å². The second-order valence-electron chi connectivity index (χ2n) is 6.93. The molecule has 1 aliphatic rings. The van der Waals surface area contributed by atoms with Crippen LogP contribution < -0.4 is 15.5 Å². The zero-order valence-corrected chi connectivity index (χ0v) is 17.3. The van der Waals surface area contributed by atoms with Gasteiger partial charge in [0, 0.05) is 42.9 Å². The number of urea groups is 1. The predicted molar refractivity (Wildman–Crippen MR) is 118 cm³/mol. The van der Waals surface area contributed by atoms with E-state index < -0.39 is 0 Å². The highest BCUT2D eigenvalue weighted by Crippen LogP contribution is 2.27. The molecule has 9 heteroatoms. The monoisotopic (exact) mass is 430 g/mol. The van der Waals surface area contributed by atoms with Gasteiger partial charge in [-0.1, -0.05) is 23.2 Å². The number of aromatic nitrogens is 2. The molecule has 1 saturated heterocycles. The molecule has 150 valence electrons. The van der Waals surface area contributed by atoms with Crippen molar-refractivity contribution in [2.75, 3.05) is 48.8 Å². The number of benzene rings is 2. The third-order valence-corrected chi connectivity index (χ3v) is 5.59. The fraction of sp³-hybridized carbons (Fsp3) is 0.250. The van der Waals surface area contributed by atoms with Crippen LogP contribution in [-0.4, -0.2) is 54.1 Å². The second kappa shape index (κ2) is 8.41. The van der Waals surface area contributed by atoms with E-state index in [9.17, 15) is 4.79 Å². The van der Waals surface area contributed by atoms with Crippen LogP contribution in [0.1, 0.15) is 0 Å². The summed E-state index contributed by atoms with van der Waals surface area (Å²) in [5.41, 5.74) is 2.05. The number of anilines is 3. The first-order chi connectivity index (χ1) is 14.0. The van der Waals surface area contributed by atoms with Crippen molar-refractivity contribution in [3.05, 3.63) is 52.8 Å². The highest BCUT2D eigenvalue weighted by Gasteiger charge is 2.18. The van der Waals surface area contributed by atoms with Crippen LogP contribution in [0.3, 0.4) is 0 Å². The standard InChI is InChI=1S/C20H20Cl2N6O/c1-27-6-8-28(9-7-27)19-15-10-13(3-5-18(15)23-12-24-19)25-20(29)26-14-2-4-16(21)17(22)11-14/h2-5,10-12H,6-9H2,1H3,(H2,25,26,29). The number of hydrogen-bond donors (Lipinski definition) is 2. The predicted octanol–water partition coefficient (Wildman–Crippen LogP) is 4.33. The SMILES string of the molecule is CN1CCN(c2ncnc3ccc(NC(=O)Nc4ccc(Cl)c(Cl)c4)cc23)CC1. The van der Waals surface area contributed by atoms with Crippen LogP contribution in [0.2, 0.25) is 10.0 Å². The van der Waals surface area contributed by atoms with Gasteiger partial charge in [-0.2, -0.15) is 0 Å². The number of nitrogens with one attached hydrogen (secondary N) is 2. The molecule has 0 spiro atoms. The fourth-order valence-electron chi connectivity index (χ4n) is 3.26. The van der Waals surface area contributed by atoms with Gasteiger partial charge >= 0.3 is 6.03 Å². The Morgan fingerprint density at radius 2 is 1.62 bits per heavy atom. The van der Waals surface area contributed by atoms with Crippen LogP contribution in [0.15, 0.2) is 42.7 Å². The molecule has 29 heavy (non-hydrogen) atoms. The van der Waals surface area contributed by atoms with Crippen LogP contribution in [0, 0.1) is 0 Å². The lowest BCUT2D eigenvalue weighted by Crippen LogP contribution is -2.44. The summed E-state index contributed by atoms with van der Waals surface area (Å²) in [6.07, 6.45) is 1.58. The van der Waals surface area contributed by atoms with E-state index in [1.807, 2.05) is 18.2 Å². The van der Waals surface area contributed by atoms with Gasteiger partial charge in [0.25, 0.3) is 0 Å². The van der Waals surface area contributed by atoms with Crippen LogP contribution in [0.4, 0.5) is 22.0 Å². The molecule has 1 aliphatic heterocycles. The van der Waals surface area contributed by atoms with E-state index in [1.165, 1.54) is 0 Å². The molecular weight excluding hydrogens is 411 g/mol. The van der Waals surface area contributed by atoms with Crippen molar-refractivity contribution in [2.45, 2.75) is 0 Å². The van der Waals surface area contributed by atoms with Crippen LogP contribution >= 0.6 is 23.2 Å². The Bertz CT molecular complexity index is 1050. The van der Waals surface area contributed by atoms with Crippen molar-refractivity contribution in [1.29, 1.82) is 0 Å². The molecule has 2 aromatic carbocycles. The maximum atomic E-state index is 12.4. The highest BCUT2D eigenvalue weighted by molar-refractivity contribution is 6.42. The van der Waals surface area contributed by atoms with Crippen LogP contribution in [0.5, 0.6) is 0 Å². The Balaban J connectivity index is 1.54. The maximum absolute atomic E-state index is 12.4. The van der Waals surface area contributed by atoms with Crippen molar-refractivity contribution in [2.24, 2.45) is 0 Å². The summed E-state index contributed by atoms with van der Waals surface area (Å²) in [6, 6.07) is 10.1. The van der Waals surface area contributed by atoms with Gasteiger partial charge in [-0.05, 0) is 43.4 Å². The van der Waals surface area contributed by atoms with Crippen molar-refractivity contribution >= 4 is 57.3 Å². The number of carbonyl (C=O) groups is 1. The Hall–Kier alpha value is -2.61. The van der Waals surface area contributed by atoms with Crippen LogP contribution in [0.25, 0.3) is 10.9 Å². The number of hydrogen-bond acceptors (Lipinski definition) is 5. The number of rotatable bonds is 3. The molecule has 2 heterocycles. The molecule has 0 saturated carbocycles. The molecule has 0 atom stereocenters. The van der Waals surface area contributed by atoms with E-state index >= 15 is 0 Å². The molecule has 0 aliphatic carbocycles. The van der Waals surface area contributed by atoms with Gasteiger partial charge in [-0.15, -0.1) is 0 Å². The first kappa shape index (κ1) is 19.7. The molecule has 0 radical (unpaired) electrons. The number of likely N-dealkylation sites (N-methyl/N-ethyl adjacent to an activating group) is 1. The van der Waals surface area contributed by atoms with E-state index in [0.29, 0.717) is 21.4 Å². The van der Waals surface area contributed by atoms with E-state index in [2.05, 4.69) is 37.4 Å². The number of carbonyl (C=O) groups excluding carboxylic acids is 1. The maximum Gasteiger partial charge on any atom is 0.323 e. The van der Waals surface area contributed by atoms with Crippen LogP contribution in [-0.2, 0) is 0 Å². The molecule has 7 nitrogen and oxygen atoms in total. The third kappa shape index (κ3) is 4.53. The first-order valence-corrected chi connectivity index (χ1v) is 9.96. The van der Waals surface area contributed by atoms with Gasteiger partial charge in [0.1, 0.15) is 12.1 Å². The summed E-state index contributed by atoms with van der Waals surface area (Å²) >= 11 is 11.9. The molecule has 2 N–H and O–H groups in total. The number of halogens is 2. The summed E-state index contributed by atoms with van der Waals surface area (Å²) in [7, 11) is 2.12. The van der Waals surface area contributed by atoms with E-state index in [4.69, 9.17) is 23.2 Å². The number of piperazine rings is 1. The minimum absolute atomic E-state index is 0.374. The minimum Gasteiger partial charge on any atom is -0.353 e. The molecule has 0 bridgehead atoms. The van der Waals surface area contributed by atoms with Gasteiger partial charge < -0.3 is 20.4 Å². The second-order valence-corrected chi connectivity index (χ2v) is 7.74. The Morgan fingerprint density at radius 3 is 2.34 bits per heavy atom. The summed E-state index contributed by atoms with van der Waals surface area (Å²) in [5.74, 6) is 0.886. The van der Waals surface area contributed by atoms with E-state index in [-0.39, 0.29) is 6.03 Å². The quantitative estimate of drug-likeness (QED) is 0.646. The topological polar surface area (TPSA) is 73.4 Å². The molecule has 2 amide bonds. The zero-order valence-electron chi connectivity index (χ0n) is 15.8. The normalized spacial score (nSPS) is 14.8. The van der Waals surface area contributed by atoms with Crippen molar-refractivity contribution in [3.63, 3.8) is 0 Å². The summed E-state index contributed by atoms with van der Waals surface area (Å²) < 4.78 is 0. The average molecular weight is 431 g/mol. The number of nitrogens with zero attached hydrogens (tertiary/aromatic N) is 4.